The number of hydrogen-bond donors (Lipinski definition) is 1. The van der Waals surface area contributed by atoms with Gasteiger partial charge in [-0.1, -0.05) is 54.6 Å². The van der Waals surface area contributed by atoms with Gasteiger partial charge in [-0.05, 0) is 36.4 Å². The monoisotopic (exact) mass is 343 g/mol. The van der Waals surface area contributed by atoms with E-state index < -0.39 is 11.8 Å². The summed E-state index contributed by atoms with van der Waals surface area (Å²) in [5, 5.41) is 0. The minimum absolute atomic E-state index is 0.182. The Hall–Kier alpha value is -3.73. The Morgan fingerprint density at radius 2 is 1.04 bits per heavy atom. The summed E-state index contributed by atoms with van der Waals surface area (Å²) in [4.78, 5) is 31.0. The van der Waals surface area contributed by atoms with Gasteiger partial charge in [-0.25, -0.2) is 9.89 Å². The van der Waals surface area contributed by atoms with Crippen LogP contribution in [-0.2, 0) is 0 Å². The highest BCUT2D eigenvalue weighted by atomic mass is 16.2. The zero-order chi connectivity index (χ0) is 18.4. The largest absolute Gasteiger partial charge is 0.369 e. The van der Waals surface area contributed by atoms with Crippen LogP contribution in [0.5, 0.6) is 0 Å². The Balaban J connectivity index is 2.03. The summed E-state index contributed by atoms with van der Waals surface area (Å²) >= 11 is 0. The molecule has 0 unspecified atom stereocenters. The van der Waals surface area contributed by atoms with E-state index in [0.29, 0.717) is 16.8 Å². The SMILES string of the molecule is NC(=Nc1ccccc1)N(C(=O)c1ccccc1)C(=O)c1ccccc1. The van der Waals surface area contributed by atoms with Crippen molar-refractivity contribution in [2.75, 3.05) is 0 Å². The third kappa shape index (κ3) is 3.84. The molecule has 5 nitrogen and oxygen atoms in total. The maximum absolute atomic E-state index is 12.9. The lowest BCUT2D eigenvalue weighted by Gasteiger charge is -2.20. The average molecular weight is 343 g/mol. The normalized spacial score (nSPS) is 11.0. The molecular formula is C21H17N3O2. The smallest absolute Gasteiger partial charge is 0.267 e. The number of rotatable bonds is 3. The fourth-order valence-corrected chi connectivity index (χ4v) is 2.40. The molecule has 0 radical (unpaired) electrons. The Kier molecular flexibility index (Phi) is 5.19. The van der Waals surface area contributed by atoms with Gasteiger partial charge in [-0.2, -0.15) is 0 Å². The van der Waals surface area contributed by atoms with Gasteiger partial charge in [-0.3, -0.25) is 9.59 Å². The van der Waals surface area contributed by atoms with Crippen molar-refractivity contribution in [2.45, 2.75) is 0 Å². The summed E-state index contributed by atoms with van der Waals surface area (Å²) in [7, 11) is 0. The van der Waals surface area contributed by atoms with Gasteiger partial charge < -0.3 is 5.73 Å². The first-order valence-corrected chi connectivity index (χ1v) is 8.05. The molecule has 0 fully saturated rings. The lowest BCUT2D eigenvalue weighted by molar-refractivity contribution is 0.0712. The molecule has 3 aromatic rings. The van der Waals surface area contributed by atoms with Crippen molar-refractivity contribution >= 4 is 23.5 Å². The number of hydrogen-bond acceptors (Lipinski definition) is 3. The van der Waals surface area contributed by atoms with Crippen molar-refractivity contribution in [1.29, 1.82) is 0 Å². The number of aliphatic imine (C=N–C) groups is 1. The summed E-state index contributed by atoms with van der Waals surface area (Å²) in [6.45, 7) is 0. The maximum atomic E-state index is 12.9. The molecule has 0 heterocycles. The van der Waals surface area contributed by atoms with Crippen LogP contribution in [0.2, 0.25) is 0 Å². The average Bonchev–Trinajstić information content (AvgIpc) is 2.70. The Bertz CT molecular complexity index is 872. The summed E-state index contributed by atoms with van der Waals surface area (Å²) in [6, 6.07) is 25.9. The van der Waals surface area contributed by atoms with E-state index in [9.17, 15) is 9.59 Å². The van der Waals surface area contributed by atoms with Gasteiger partial charge in [0.15, 0.2) is 0 Å². The first-order valence-electron chi connectivity index (χ1n) is 8.05. The summed E-state index contributed by atoms with van der Waals surface area (Å²) in [5.74, 6) is -1.24. The van der Waals surface area contributed by atoms with Gasteiger partial charge in [0.1, 0.15) is 0 Å². The predicted octanol–water partition coefficient (Wildman–Crippen LogP) is 3.62. The molecule has 0 aliphatic heterocycles. The molecule has 2 N–H and O–H groups in total. The molecule has 3 aromatic carbocycles. The minimum atomic E-state index is -0.531. The molecule has 0 aliphatic rings. The first kappa shape index (κ1) is 17.1. The van der Waals surface area contributed by atoms with Crippen molar-refractivity contribution in [1.82, 2.24) is 4.90 Å². The molecular weight excluding hydrogens is 326 g/mol. The number of carbonyl (C=O) groups is 2. The van der Waals surface area contributed by atoms with Crippen LogP contribution in [0.3, 0.4) is 0 Å². The molecule has 0 atom stereocenters. The molecule has 128 valence electrons. The van der Waals surface area contributed by atoms with Crippen molar-refractivity contribution < 1.29 is 9.59 Å². The molecule has 0 bridgehead atoms. The second-order valence-corrected chi connectivity index (χ2v) is 5.48. The van der Waals surface area contributed by atoms with Crippen LogP contribution in [0.4, 0.5) is 5.69 Å². The molecule has 0 aromatic heterocycles. The Labute approximate surface area is 151 Å². The third-order valence-corrected chi connectivity index (χ3v) is 3.68. The van der Waals surface area contributed by atoms with Crippen LogP contribution in [0.15, 0.2) is 96.0 Å². The van der Waals surface area contributed by atoms with E-state index in [-0.39, 0.29) is 5.96 Å². The fraction of sp³-hybridized carbons (Fsp3) is 0. The number of benzene rings is 3. The van der Waals surface area contributed by atoms with E-state index in [1.54, 1.807) is 84.9 Å². The second-order valence-electron chi connectivity index (χ2n) is 5.48. The number of guanidine groups is 1. The van der Waals surface area contributed by atoms with Gasteiger partial charge >= 0.3 is 0 Å². The van der Waals surface area contributed by atoms with E-state index in [2.05, 4.69) is 4.99 Å². The quantitative estimate of drug-likeness (QED) is 0.448. The number of carbonyl (C=O) groups excluding carboxylic acids is 2. The van der Waals surface area contributed by atoms with Crippen LogP contribution in [-0.4, -0.2) is 22.7 Å². The molecule has 0 saturated carbocycles. The maximum Gasteiger partial charge on any atom is 0.267 e. The first-order chi connectivity index (χ1) is 12.7. The van der Waals surface area contributed by atoms with Crippen molar-refractivity contribution in [3.8, 4) is 0 Å². The fourth-order valence-electron chi connectivity index (χ4n) is 2.40. The molecule has 0 aliphatic carbocycles. The van der Waals surface area contributed by atoms with E-state index >= 15 is 0 Å². The highest BCUT2D eigenvalue weighted by molar-refractivity contribution is 6.21. The van der Waals surface area contributed by atoms with Gasteiger partial charge in [-0.15, -0.1) is 0 Å². The summed E-state index contributed by atoms with van der Waals surface area (Å²) < 4.78 is 0. The predicted molar refractivity (Wildman–Crippen MR) is 101 cm³/mol. The Morgan fingerprint density at radius 1 is 0.654 bits per heavy atom. The highest BCUT2D eigenvalue weighted by Gasteiger charge is 2.27. The molecule has 0 saturated heterocycles. The van der Waals surface area contributed by atoms with Gasteiger partial charge in [0.2, 0.25) is 5.96 Å². The summed E-state index contributed by atoms with van der Waals surface area (Å²) in [6.07, 6.45) is 0. The minimum Gasteiger partial charge on any atom is -0.369 e. The number of nitrogens with zero attached hydrogens (tertiary/aromatic N) is 2. The number of amides is 2. The highest BCUT2D eigenvalue weighted by Crippen LogP contribution is 2.14. The molecule has 3 rings (SSSR count). The van der Waals surface area contributed by atoms with E-state index in [1.165, 1.54) is 0 Å². The molecule has 5 heteroatoms. The van der Waals surface area contributed by atoms with E-state index in [4.69, 9.17) is 5.73 Å². The molecule has 26 heavy (non-hydrogen) atoms. The van der Waals surface area contributed by atoms with E-state index in [0.717, 1.165) is 4.90 Å². The molecule has 2 amide bonds. The van der Waals surface area contributed by atoms with Crippen LogP contribution < -0.4 is 5.73 Å². The number of nitrogens with two attached hydrogens (primary N) is 1. The Morgan fingerprint density at radius 3 is 1.46 bits per heavy atom. The van der Waals surface area contributed by atoms with E-state index in [1.807, 2.05) is 6.07 Å². The van der Waals surface area contributed by atoms with Gasteiger partial charge in [0, 0.05) is 11.1 Å². The van der Waals surface area contributed by atoms with Crippen LogP contribution in [0, 0.1) is 0 Å². The standard InChI is InChI=1S/C21H17N3O2/c22-21(23-18-14-8-3-9-15-18)24(19(25)16-10-4-1-5-11-16)20(26)17-12-6-2-7-13-17/h1-15H,(H2,22,23). The summed E-state index contributed by atoms with van der Waals surface area (Å²) in [5.41, 5.74) is 7.31. The van der Waals surface area contributed by atoms with Crippen molar-refractivity contribution in [3.05, 3.63) is 102 Å². The molecule has 0 spiro atoms. The van der Waals surface area contributed by atoms with Crippen LogP contribution in [0.25, 0.3) is 0 Å². The zero-order valence-corrected chi connectivity index (χ0v) is 13.9. The zero-order valence-electron chi connectivity index (χ0n) is 13.9. The topological polar surface area (TPSA) is 75.8 Å². The second kappa shape index (κ2) is 7.90. The van der Waals surface area contributed by atoms with Crippen molar-refractivity contribution in [3.63, 3.8) is 0 Å². The van der Waals surface area contributed by atoms with Crippen LogP contribution >= 0.6 is 0 Å². The van der Waals surface area contributed by atoms with Crippen LogP contribution in [0.1, 0.15) is 20.7 Å². The van der Waals surface area contributed by atoms with Gasteiger partial charge in [0.05, 0.1) is 5.69 Å². The van der Waals surface area contributed by atoms with Gasteiger partial charge in [0.25, 0.3) is 11.8 Å². The third-order valence-electron chi connectivity index (χ3n) is 3.68. The number of imide groups is 1. The number of para-hydroxylation sites is 1. The van der Waals surface area contributed by atoms with Crippen molar-refractivity contribution in [2.24, 2.45) is 10.7 Å². The lowest BCUT2D eigenvalue weighted by Crippen LogP contribution is -2.46. The lowest BCUT2D eigenvalue weighted by atomic mass is 10.1.